The molecule has 0 aliphatic rings. The average Bonchev–Trinajstić information content (AvgIpc) is 2.66. The second kappa shape index (κ2) is 11.7. The minimum atomic E-state index is -3.76. The van der Waals surface area contributed by atoms with Crippen LogP contribution in [0.3, 0.4) is 0 Å². The molecule has 28 heavy (non-hydrogen) atoms. The molecule has 0 saturated carbocycles. The molecule has 2 aromatic carbocycles. The maximum absolute atomic E-state index is 13.1. The zero-order chi connectivity index (χ0) is 19.7. The quantitative estimate of drug-likeness (QED) is 0.572. The van der Waals surface area contributed by atoms with Crippen LogP contribution in [0.2, 0.25) is 0 Å². The maximum Gasteiger partial charge on any atom is 0.264 e. The van der Waals surface area contributed by atoms with Gasteiger partial charge in [-0.15, -0.1) is 12.4 Å². The van der Waals surface area contributed by atoms with Gasteiger partial charge >= 0.3 is 0 Å². The van der Waals surface area contributed by atoms with Crippen molar-refractivity contribution in [3.05, 3.63) is 60.2 Å². The molecular weight excluding hydrogens is 398 g/mol. The van der Waals surface area contributed by atoms with Gasteiger partial charge in [0.15, 0.2) is 0 Å². The van der Waals surface area contributed by atoms with E-state index in [0.29, 0.717) is 18.8 Å². The molecule has 0 aliphatic carbocycles. The van der Waals surface area contributed by atoms with Crippen LogP contribution in [0.15, 0.2) is 59.5 Å². The van der Waals surface area contributed by atoms with Gasteiger partial charge in [-0.2, -0.15) is 0 Å². The summed E-state index contributed by atoms with van der Waals surface area (Å²) in [5, 5.41) is 2.81. The molecule has 2 rings (SSSR count). The third kappa shape index (κ3) is 6.82. The van der Waals surface area contributed by atoms with Crippen LogP contribution >= 0.6 is 12.4 Å². The number of hydrogen-bond donors (Lipinski definition) is 2. The van der Waals surface area contributed by atoms with Crippen LogP contribution in [0.5, 0.6) is 0 Å². The van der Waals surface area contributed by atoms with Crippen LogP contribution in [0.25, 0.3) is 0 Å². The third-order valence-corrected chi connectivity index (χ3v) is 5.99. The number of carbonyl (C=O) groups is 1. The molecule has 0 aliphatic heterocycles. The predicted octanol–water partition coefficient (Wildman–Crippen LogP) is 2.86. The molecule has 0 heterocycles. The number of unbranched alkanes of at least 4 members (excludes halogenated alkanes) is 1. The molecule has 2 aromatic rings. The van der Waals surface area contributed by atoms with E-state index < -0.39 is 10.0 Å². The Labute approximate surface area is 173 Å². The monoisotopic (exact) mass is 425 g/mol. The number of sulfonamides is 1. The number of halogens is 1. The van der Waals surface area contributed by atoms with Gasteiger partial charge in [-0.3, -0.25) is 9.10 Å². The van der Waals surface area contributed by atoms with Crippen LogP contribution in [0, 0.1) is 6.92 Å². The Morgan fingerprint density at radius 3 is 2.29 bits per heavy atom. The highest BCUT2D eigenvalue weighted by atomic mass is 35.5. The van der Waals surface area contributed by atoms with Crippen LogP contribution in [0.1, 0.15) is 24.8 Å². The molecule has 0 radical (unpaired) electrons. The molecule has 8 heteroatoms. The zero-order valence-electron chi connectivity index (χ0n) is 16.0. The molecule has 0 spiro atoms. The van der Waals surface area contributed by atoms with Gasteiger partial charge in [-0.25, -0.2) is 8.42 Å². The Balaban J connectivity index is 0.00000392. The number of benzene rings is 2. The standard InChI is InChI=1S/C20H27N3O3S.ClH/c1-17-9-11-19(12-10-17)27(25,26)23(18-7-3-2-4-8-18)16-13-20(24)22-15-6-5-14-21;/h2-4,7-12H,5-6,13-16,21H2,1H3,(H,22,24);1H. The normalized spacial score (nSPS) is 10.8. The molecule has 0 atom stereocenters. The lowest BCUT2D eigenvalue weighted by atomic mass is 10.2. The molecule has 1 amide bonds. The summed E-state index contributed by atoms with van der Waals surface area (Å²) < 4.78 is 27.6. The summed E-state index contributed by atoms with van der Waals surface area (Å²) in [4.78, 5) is 12.3. The summed E-state index contributed by atoms with van der Waals surface area (Å²) in [6.07, 6.45) is 1.74. The van der Waals surface area contributed by atoms with E-state index in [1.165, 1.54) is 4.31 Å². The third-order valence-electron chi connectivity index (χ3n) is 4.15. The molecule has 0 fully saturated rings. The number of nitrogens with zero attached hydrogens (tertiary/aromatic N) is 1. The molecular formula is C20H28ClN3O3S. The highest BCUT2D eigenvalue weighted by molar-refractivity contribution is 7.92. The second-order valence-corrected chi connectivity index (χ2v) is 8.18. The highest BCUT2D eigenvalue weighted by Gasteiger charge is 2.25. The smallest absolute Gasteiger partial charge is 0.264 e. The van der Waals surface area contributed by atoms with Gasteiger partial charge in [0.05, 0.1) is 10.6 Å². The first kappa shape index (κ1) is 23.9. The van der Waals surface area contributed by atoms with Gasteiger partial charge in [0.2, 0.25) is 5.91 Å². The summed E-state index contributed by atoms with van der Waals surface area (Å²) in [6, 6.07) is 15.5. The van der Waals surface area contributed by atoms with E-state index >= 15 is 0 Å². The lowest BCUT2D eigenvalue weighted by Gasteiger charge is -2.24. The van der Waals surface area contributed by atoms with Gasteiger partial charge in [0.1, 0.15) is 0 Å². The summed E-state index contributed by atoms with van der Waals surface area (Å²) in [5.74, 6) is -0.174. The van der Waals surface area contributed by atoms with Crippen molar-refractivity contribution in [2.24, 2.45) is 5.73 Å². The summed E-state index contributed by atoms with van der Waals surface area (Å²) >= 11 is 0. The van der Waals surface area contributed by atoms with Crippen molar-refractivity contribution < 1.29 is 13.2 Å². The van der Waals surface area contributed by atoms with Crippen LogP contribution in [-0.4, -0.2) is 34.0 Å². The van der Waals surface area contributed by atoms with Crippen LogP contribution < -0.4 is 15.4 Å². The first-order valence-corrected chi connectivity index (χ1v) is 10.5. The fourth-order valence-electron chi connectivity index (χ4n) is 2.61. The molecule has 0 bridgehead atoms. The van der Waals surface area contributed by atoms with Crippen molar-refractivity contribution in [2.75, 3.05) is 23.9 Å². The van der Waals surface area contributed by atoms with Gasteiger partial charge in [0.25, 0.3) is 10.0 Å². The Bertz CT molecular complexity index is 828. The van der Waals surface area contributed by atoms with Crippen molar-refractivity contribution >= 4 is 34.0 Å². The van der Waals surface area contributed by atoms with Gasteiger partial charge in [-0.1, -0.05) is 35.9 Å². The maximum atomic E-state index is 13.1. The molecule has 0 unspecified atom stereocenters. The summed E-state index contributed by atoms with van der Waals surface area (Å²) in [5.41, 5.74) is 6.95. The number of nitrogens with one attached hydrogen (secondary N) is 1. The molecule has 6 nitrogen and oxygen atoms in total. The van der Waals surface area contributed by atoms with E-state index in [4.69, 9.17) is 5.73 Å². The molecule has 0 saturated heterocycles. The van der Waals surface area contributed by atoms with E-state index in [0.717, 1.165) is 18.4 Å². The Morgan fingerprint density at radius 1 is 1.04 bits per heavy atom. The lowest BCUT2D eigenvalue weighted by molar-refractivity contribution is -0.120. The molecule has 3 N–H and O–H groups in total. The van der Waals surface area contributed by atoms with E-state index in [-0.39, 0.29) is 36.2 Å². The number of rotatable bonds is 10. The van der Waals surface area contributed by atoms with E-state index in [9.17, 15) is 13.2 Å². The minimum Gasteiger partial charge on any atom is -0.356 e. The number of hydrogen-bond acceptors (Lipinski definition) is 4. The van der Waals surface area contributed by atoms with Crippen molar-refractivity contribution in [3.8, 4) is 0 Å². The first-order valence-electron chi connectivity index (χ1n) is 9.06. The van der Waals surface area contributed by atoms with Gasteiger partial charge in [-0.05, 0) is 50.6 Å². The van der Waals surface area contributed by atoms with Crippen molar-refractivity contribution in [1.82, 2.24) is 5.32 Å². The first-order chi connectivity index (χ1) is 12.9. The Morgan fingerprint density at radius 2 is 1.68 bits per heavy atom. The van der Waals surface area contributed by atoms with Gasteiger partial charge < -0.3 is 11.1 Å². The van der Waals surface area contributed by atoms with Crippen molar-refractivity contribution in [1.29, 1.82) is 0 Å². The van der Waals surface area contributed by atoms with E-state index in [2.05, 4.69) is 5.32 Å². The van der Waals surface area contributed by atoms with E-state index in [1.54, 1.807) is 48.5 Å². The lowest BCUT2D eigenvalue weighted by Crippen LogP contribution is -2.35. The molecule has 0 aromatic heterocycles. The second-order valence-electron chi connectivity index (χ2n) is 6.32. The average molecular weight is 426 g/mol. The largest absolute Gasteiger partial charge is 0.356 e. The predicted molar refractivity (Wildman–Crippen MR) is 115 cm³/mol. The minimum absolute atomic E-state index is 0. The number of anilines is 1. The zero-order valence-corrected chi connectivity index (χ0v) is 17.6. The molecule has 154 valence electrons. The Hall–Kier alpha value is -2.09. The van der Waals surface area contributed by atoms with Crippen LogP contribution in [-0.2, 0) is 14.8 Å². The fraction of sp³-hybridized carbons (Fsp3) is 0.350. The number of amides is 1. The van der Waals surface area contributed by atoms with Crippen molar-refractivity contribution in [3.63, 3.8) is 0 Å². The number of aryl methyl sites for hydroxylation is 1. The number of carbonyl (C=O) groups excluding carboxylic acids is 1. The number of nitrogens with two attached hydrogens (primary N) is 1. The van der Waals surface area contributed by atoms with Crippen LogP contribution in [0.4, 0.5) is 5.69 Å². The fourth-order valence-corrected chi connectivity index (χ4v) is 4.07. The highest BCUT2D eigenvalue weighted by Crippen LogP contribution is 2.24. The van der Waals surface area contributed by atoms with Crippen molar-refractivity contribution in [2.45, 2.75) is 31.1 Å². The summed E-state index contributed by atoms with van der Waals surface area (Å²) in [7, 11) is -3.76. The summed E-state index contributed by atoms with van der Waals surface area (Å²) in [6.45, 7) is 3.11. The number of para-hydroxylation sites is 1. The Kier molecular flexibility index (Phi) is 9.99. The van der Waals surface area contributed by atoms with E-state index in [1.807, 2.05) is 13.0 Å². The van der Waals surface area contributed by atoms with Gasteiger partial charge in [0, 0.05) is 19.5 Å². The topological polar surface area (TPSA) is 92.5 Å². The SMILES string of the molecule is Cc1ccc(S(=O)(=O)N(CCC(=O)NCCCCN)c2ccccc2)cc1.Cl.